The van der Waals surface area contributed by atoms with Crippen LogP contribution in [0.25, 0.3) is 0 Å². The molecule has 0 radical (unpaired) electrons. The quantitative estimate of drug-likeness (QED) is 0.548. The number of unbranched alkanes of at least 4 members (excludes halogenated alkanes) is 3. The number of hydrogen-bond donors (Lipinski definition) is 2. The second-order valence-electron chi connectivity index (χ2n) is 5.72. The lowest BCUT2D eigenvalue weighted by Gasteiger charge is -2.22. The van der Waals surface area contributed by atoms with Crippen LogP contribution in [0.4, 0.5) is 5.69 Å². The fraction of sp³-hybridized carbons (Fsp3) is 0.588. The van der Waals surface area contributed by atoms with E-state index >= 15 is 0 Å². The summed E-state index contributed by atoms with van der Waals surface area (Å²) in [6.07, 6.45) is 5.62. The first-order valence-corrected chi connectivity index (χ1v) is 7.56. The van der Waals surface area contributed by atoms with Crippen molar-refractivity contribution in [1.82, 2.24) is 0 Å². The van der Waals surface area contributed by atoms with Gasteiger partial charge in [-0.2, -0.15) is 0 Å². The zero-order chi connectivity index (χ0) is 15.1. The Balaban J connectivity index is 2.83. The van der Waals surface area contributed by atoms with Crippen LogP contribution in [0.1, 0.15) is 63.0 Å². The molecule has 112 valence electrons. The molecule has 2 unspecified atom stereocenters. The van der Waals surface area contributed by atoms with Crippen molar-refractivity contribution in [2.45, 2.75) is 58.8 Å². The number of rotatable bonds is 8. The first kappa shape index (κ1) is 16.5. The summed E-state index contributed by atoms with van der Waals surface area (Å²) < 4.78 is 0. The van der Waals surface area contributed by atoms with E-state index in [4.69, 9.17) is 5.73 Å². The molecule has 0 aromatic heterocycles. The molecule has 3 N–H and O–H groups in total. The van der Waals surface area contributed by atoms with Crippen molar-refractivity contribution in [3.8, 4) is 0 Å². The van der Waals surface area contributed by atoms with Gasteiger partial charge in [-0.05, 0) is 30.4 Å². The number of aryl methyl sites for hydroxylation is 1. The molecule has 3 nitrogen and oxygen atoms in total. The van der Waals surface area contributed by atoms with Gasteiger partial charge in [0, 0.05) is 5.69 Å². The number of hydrogen-bond acceptors (Lipinski definition) is 2. The lowest BCUT2D eigenvalue weighted by Crippen LogP contribution is -2.21. The van der Waals surface area contributed by atoms with Crippen molar-refractivity contribution >= 4 is 11.7 Å². The summed E-state index contributed by atoms with van der Waals surface area (Å²) >= 11 is 0. The number of benzene rings is 1. The Kier molecular flexibility index (Phi) is 6.56. The van der Waals surface area contributed by atoms with Crippen LogP contribution in [0, 0.1) is 12.8 Å². The molecule has 0 heterocycles. The van der Waals surface area contributed by atoms with Crippen LogP contribution in [0.3, 0.4) is 0 Å². The maximum absolute atomic E-state index is 11.6. The van der Waals surface area contributed by atoms with Crippen LogP contribution >= 0.6 is 0 Å². The molecule has 0 aliphatic rings. The van der Waals surface area contributed by atoms with Crippen molar-refractivity contribution in [3.05, 3.63) is 29.3 Å². The van der Waals surface area contributed by atoms with Gasteiger partial charge in [0.25, 0.3) is 0 Å². The number of carboxylic acids is 1. The Morgan fingerprint density at radius 3 is 2.60 bits per heavy atom. The number of carboxylic acid groups (broad SMARTS) is 1. The van der Waals surface area contributed by atoms with E-state index in [2.05, 4.69) is 6.92 Å². The minimum atomic E-state index is -0.773. The second-order valence-corrected chi connectivity index (χ2v) is 5.72. The molecule has 1 aromatic rings. The molecule has 0 fully saturated rings. The summed E-state index contributed by atoms with van der Waals surface area (Å²) in [6.45, 7) is 6.12. The molecule has 1 rings (SSSR count). The topological polar surface area (TPSA) is 63.3 Å². The predicted molar refractivity (Wildman–Crippen MR) is 83.9 cm³/mol. The number of para-hydroxylation sites is 1. The van der Waals surface area contributed by atoms with Crippen molar-refractivity contribution < 1.29 is 9.90 Å². The predicted octanol–water partition coefficient (Wildman–Crippen LogP) is 4.35. The normalized spacial score (nSPS) is 13.9. The number of anilines is 1. The Bertz CT molecular complexity index is 443. The minimum Gasteiger partial charge on any atom is -0.481 e. The van der Waals surface area contributed by atoms with Crippen LogP contribution < -0.4 is 5.73 Å². The summed E-state index contributed by atoms with van der Waals surface area (Å²) in [5.74, 6) is -1.17. The number of aliphatic carboxylic acids is 1. The molecule has 20 heavy (non-hydrogen) atoms. The molecule has 0 aliphatic heterocycles. The molecule has 0 saturated heterocycles. The zero-order valence-corrected chi connectivity index (χ0v) is 12.9. The fourth-order valence-electron chi connectivity index (χ4n) is 2.72. The van der Waals surface area contributed by atoms with Gasteiger partial charge in [0.2, 0.25) is 0 Å². The minimum absolute atomic E-state index is 0.105. The van der Waals surface area contributed by atoms with E-state index in [1.54, 1.807) is 0 Å². The zero-order valence-electron chi connectivity index (χ0n) is 12.9. The smallest absolute Gasteiger partial charge is 0.311 e. The van der Waals surface area contributed by atoms with Gasteiger partial charge < -0.3 is 10.8 Å². The van der Waals surface area contributed by atoms with E-state index in [-0.39, 0.29) is 5.92 Å². The highest BCUT2D eigenvalue weighted by Crippen LogP contribution is 2.33. The van der Waals surface area contributed by atoms with Gasteiger partial charge in [0.05, 0.1) is 5.92 Å². The molecule has 0 amide bonds. The van der Waals surface area contributed by atoms with Crippen LogP contribution in [-0.4, -0.2) is 11.1 Å². The molecule has 0 spiro atoms. The highest BCUT2D eigenvalue weighted by molar-refractivity contribution is 5.79. The van der Waals surface area contributed by atoms with E-state index in [0.29, 0.717) is 5.69 Å². The molecule has 3 heteroatoms. The summed E-state index contributed by atoms with van der Waals surface area (Å²) in [7, 11) is 0. The van der Waals surface area contributed by atoms with Gasteiger partial charge in [-0.15, -0.1) is 0 Å². The fourth-order valence-corrected chi connectivity index (χ4v) is 2.72. The van der Waals surface area contributed by atoms with Crippen LogP contribution in [0.5, 0.6) is 0 Å². The molecular weight excluding hydrogens is 250 g/mol. The van der Waals surface area contributed by atoms with E-state index in [1.165, 1.54) is 19.3 Å². The molecule has 0 bridgehead atoms. The summed E-state index contributed by atoms with van der Waals surface area (Å²) in [6, 6.07) is 5.66. The first-order chi connectivity index (χ1) is 9.49. The van der Waals surface area contributed by atoms with E-state index in [9.17, 15) is 9.90 Å². The summed E-state index contributed by atoms with van der Waals surface area (Å²) in [5, 5.41) is 9.56. The van der Waals surface area contributed by atoms with Crippen LogP contribution in [-0.2, 0) is 4.79 Å². The Hall–Kier alpha value is -1.51. The van der Waals surface area contributed by atoms with Crippen molar-refractivity contribution in [1.29, 1.82) is 0 Å². The lowest BCUT2D eigenvalue weighted by atomic mass is 9.82. The third kappa shape index (κ3) is 4.26. The maximum Gasteiger partial charge on any atom is 0.311 e. The standard InChI is InChI=1S/C17H27NO2/c1-4-5-6-7-9-12(2)15(17(19)20)14-11-8-10-13(3)16(14)18/h8,10-12,15H,4-7,9,18H2,1-3H3,(H,19,20). The maximum atomic E-state index is 11.6. The third-order valence-electron chi connectivity index (χ3n) is 4.04. The second kappa shape index (κ2) is 7.93. The average molecular weight is 277 g/mol. The molecular formula is C17H27NO2. The molecule has 2 atom stereocenters. The Labute approximate surface area is 122 Å². The highest BCUT2D eigenvalue weighted by Gasteiger charge is 2.28. The average Bonchev–Trinajstić information content (AvgIpc) is 2.39. The van der Waals surface area contributed by atoms with E-state index in [0.717, 1.165) is 24.0 Å². The van der Waals surface area contributed by atoms with Crippen molar-refractivity contribution in [3.63, 3.8) is 0 Å². The largest absolute Gasteiger partial charge is 0.481 e. The number of carbonyl (C=O) groups is 1. The van der Waals surface area contributed by atoms with Gasteiger partial charge >= 0.3 is 5.97 Å². The molecule has 0 aliphatic carbocycles. The molecule has 1 aromatic carbocycles. The van der Waals surface area contributed by atoms with Crippen LogP contribution in [0.2, 0.25) is 0 Å². The first-order valence-electron chi connectivity index (χ1n) is 7.56. The third-order valence-corrected chi connectivity index (χ3v) is 4.04. The lowest BCUT2D eigenvalue weighted by molar-refractivity contribution is -0.140. The van der Waals surface area contributed by atoms with Gasteiger partial charge in [-0.1, -0.05) is 57.7 Å². The summed E-state index contributed by atoms with van der Waals surface area (Å²) in [4.78, 5) is 11.6. The van der Waals surface area contributed by atoms with Gasteiger partial charge in [0.15, 0.2) is 0 Å². The summed E-state index contributed by atoms with van der Waals surface area (Å²) in [5.41, 5.74) is 8.41. The van der Waals surface area contributed by atoms with Crippen molar-refractivity contribution in [2.24, 2.45) is 5.92 Å². The Morgan fingerprint density at radius 2 is 2.00 bits per heavy atom. The Morgan fingerprint density at radius 1 is 1.30 bits per heavy atom. The van der Waals surface area contributed by atoms with Crippen LogP contribution in [0.15, 0.2) is 18.2 Å². The number of nitrogen functional groups attached to an aromatic ring is 1. The van der Waals surface area contributed by atoms with Gasteiger partial charge in [0.1, 0.15) is 0 Å². The SMILES string of the molecule is CCCCCCC(C)C(C(=O)O)c1cccc(C)c1N. The molecule has 0 saturated carbocycles. The van der Waals surface area contributed by atoms with E-state index in [1.807, 2.05) is 32.0 Å². The van der Waals surface area contributed by atoms with Gasteiger partial charge in [-0.25, -0.2) is 0 Å². The number of nitrogens with two attached hydrogens (primary N) is 1. The highest BCUT2D eigenvalue weighted by atomic mass is 16.4. The van der Waals surface area contributed by atoms with E-state index < -0.39 is 11.9 Å². The van der Waals surface area contributed by atoms with Gasteiger partial charge in [-0.3, -0.25) is 4.79 Å². The monoisotopic (exact) mass is 277 g/mol. The van der Waals surface area contributed by atoms with Crippen molar-refractivity contribution in [2.75, 3.05) is 5.73 Å².